The fourth-order valence-corrected chi connectivity index (χ4v) is 2.97. The van der Waals surface area contributed by atoms with Crippen LogP contribution in [0.3, 0.4) is 0 Å². The van der Waals surface area contributed by atoms with Gasteiger partial charge in [0, 0.05) is 13.2 Å². The smallest absolute Gasteiger partial charge is 0.236 e. The standard InChI is InChI=1S/C18H28N2O2/c1-2-7-16(19)18(21)20-12-6-13-22-17-11-5-9-14-8-3-4-10-15(14)17/h3-4,8,10,16-17H,2,5-7,9,11-13,19H2,1H3,(H,20,21). The van der Waals surface area contributed by atoms with E-state index < -0.39 is 0 Å². The SMILES string of the molecule is CCCC(N)C(=O)NCCCOC1CCCc2ccccc21. The molecule has 3 N–H and O–H groups in total. The van der Waals surface area contributed by atoms with Gasteiger partial charge in [0.2, 0.25) is 5.91 Å². The highest BCUT2D eigenvalue weighted by Crippen LogP contribution is 2.32. The van der Waals surface area contributed by atoms with Gasteiger partial charge in [0.25, 0.3) is 0 Å². The fraction of sp³-hybridized carbons (Fsp3) is 0.611. The quantitative estimate of drug-likeness (QED) is 0.726. The van der Waals surface area contributed by atoms with Crippen LogP contribution in [0.15, 0.2) is 24.3 Å². The Balaban J connectivity index is 1.67. The third-order valence-corrected chi connectivity index (χ3v) is 4.19. The summed E-state index contributed by atoms with van der Waals surface area (Å²) in [5, 5.41) is 2.88. The summed E-state index contributed by atoms with van der Waals surface area (Å²) in [6.45, 7) is 3.33. The van der Waals surface area contributed by atoms with Crippen LogP contribution in [0.2, 0.25) is 0 Å². The van der Waals surface area contributed by atoms with Gasteiger partial charge in [-0.05, 0) is 43.2 Å². The average Bonchev–Trinajstić information content (AvgIpc) is 2.54. The maximum atomic E-state index is 11.7. The molecule has 2 unspecified atom stereocenters. The van der Waals surface area contributed by atoms with Crippen molar-refractivity contribution >= 4 is 5.91 Å². The van der Waals surface area contributed by atoms with E-state index in [0.29, 0.717) is 13.2 Å². The Labute approximate surface area is 133 Å². The van der Waals surface area contributed by atoms with Crippen LogP contribution in [0, 0.1) is 0 Å². The fourth-order valence-electron chi connectivity index (χ4n) is 2.97. The van der Waals surface area contributed by atoms with Gasteiger partial charge in [0.15, 0.2) is 0 Å². The van der Waals surface area contributed by atoms with Crippen molar-refractivity contribution in [3.05, 3.63) is 35.4 Å². The Morgan fingerprint density at radius 3 is 3.09 bits per heavy atom. The minimum atomic E-state index is -0.379. The first-order valence-electron chi connectivity index (χ1n) is 8.45. The van der Waals surface area contributed by atoms with Gasteiger partial charge in [0.1, 0.15) is 0 Å². The number of hydrogen-bond donors (Lipinski definition) is 2. The molecule has 0 fully saturated rings. The zero-order valence-corrected chi connectivity index (χ0v) is 13.5. The monoisotopic (exact) mass is 304 g/mol. The van der Waals surface area contributed by atoms with E-state index in [0.717, 1.165) is 32.1 Å². The van der Waals surface area contributed by atoms with Crippen LogP contribution < -0.4 is 11.1 Å². The van der Waals surface area contributed by atoms with Gasteiger partial charge in [-0.1, -0.05) is 37.6 Å². The Bertz CT molecular complexity index is 476. The molecule has 0 radical (unpaired) electrons. The number of carbonyl (C=O) groups excluding carboxylic acids is 1. The van der Waals surface area contributed by atoms with Crippen molar-refractivity contribution in [3.8, 4) is 0 Å². The van der Waals surface area contributed by atoms with Gasteiger partial charge in [-0.15, -0.1) is 0 Å². The van der Waals surface area contributed by atoms with Gasteiger partial charge < -0.3 is 15.8 Å². The Morgan fingerprint density at radius 1 is 1.45 bits per heavy atom. The Kier molecular flexibility index (Phi) is 6.87. The lowest BCUT2D eigenvalue weighted by atomic mass is 9.89. The highest BCUT2D eigenvalue weighted by atomic mass is 16.5. The van der Waals surface area contributed by atoms with E-state index in [9.17, 15) is 4.79 Å². The van der Waals surface area contributed by atoms with Crippen molar-refractivity contribution in [2.75, 3.05) is 13.2 Å². The third kappa shape index (κ3) is 4.82. The van der Waals surface area contributed by atoms with Gasteiger partial charge in [-0.2, -0.15) is 0 Å². The number of nitrogens with two attached hydrogens (primary N) is 1. The second kappa shape index (κ2) is 8.91. The molecule has 1 aliphatic rings. The first-order chi connectivity index (χ1) is 10.7. The molecule has 1 aromatic rings. The average molecular weight is 304 g/mol. The maximum absolute atomic E-state index is 11.7. The van der Waals surface area contributed by atoms with Crippen LogP contribution >= 0.6 is 0 Å². The predicted molar refractivity (Wildman–Crippen MR) is 88.6 cm³/mol. The normalized spacial score (nSPS) is 18.5. The van der Waals surface area contributed by atoms with Gasteiger partial charge in [0.05, 0.1) is 12.1 Å². The zero-order chi connectivity index (χ0) is 15.8. The number of hydrogen-bond acceptors (Lipinski definition) is 3. The second-order valence-corrected chi connectivity index (χ2v) is 5.99. The summed E-state index contributed by atoms with van der Waals surface area (Å²) < 4.78 is 6.02. The molecule has 0 saturated carbocycles. The van der Waals surface area contributed by atoms with Gasteiger partial charge in [-0.25, -0.2) is 0 Å². The summed E-state index contributed by atoms with van der Waals surface area (Å²) in [5.41, 5.74) is 8.52. The van der Waals surface area contributed by atoms with E-state index in [4.69, 9.17) is 10.5 Å². The summed E-state index contributed by atoms with van der Waals surface area (Å²) in [5.74, 6) is -0.0511. The Hall–Kier alpha value is -1.39. The molecular weight excluding hydrogens is 276 g/mol. The molecule has 1 aromatic carbocycles. The molecule has 1 aliphatic carbocycles. The van der Waals surface area contributed by atoms with E-state index in [1.807, 2.05) is 6.92 Å². The van der Waals surface area contributed by atoms with E-state index in [2.05, 4.69) is 29.6 Å². The molecule has 4 heteroatoms. The van der Waals surface area contributed by atoms with Crippen molar-refractivity contribution in [1.29, 1.82) is 0 Å². The van der Waals surface area contributed by atoms with Crippen molar-refractivity contribution < 1.29 is 9.53 Å². The topological polar surface area (TPSA) is 64.4 Å². The molecule has 0 spiro atoms. The maximum Gasteiger partial charge on any atom is 0.236 e. The van der Waals surface area contributed by atoms with Crippen molar-refractivity contribution in [2.45, 2.75) is 57.6 Å². The van der Waals surface area contributed by atoms with Crippen LogP contribution in [0.4, 0.5) is 0 Å². The highest BCUT2D eigenvalue weighted by molar-refractivity contribution is 5.81. The van der Waals surface area contributed by atoms with E-state index in [1.165, 1.54) is 17.5 Å². The number of ether oxygens (including phenoxy) is 1. The van der Waals surface area contributed by atoms with Crippen molar-refractivity contribution in [3.63, 3.8) is 0 Å². The van der Waals surface area contributed by atoms with Crippen molar-refractivity contribution in [1.82, 2.24) is 5.32 Å². The van der Waals surface area contributed by atoms with Crippen molar-refractivity contribution in [2.24, 2.45) is 5.73 Å². The molecule has 1 amide bonds. The number of nitrogens with one attached hydrogen (secondary N) is 1. The van der Waals surface area contributed by atoms with Crippen LogP contribution in [-0.2, 0) is 16.0 Å². The molecule has 0 aromatic heterocycles. The third-order valence-electron chi connectivity index (χ3n) is 4.19. The minimum Gasteiger partial charge on any atom is -0.373 e. The summed E-state index contributed by atoms with van der Waals surface area (Å²) in [4.78, 5) is 11.7. The number of aryl methyl sites for hydroxylation is 1. The van der Waals surface area contributed by atoms with Crippen LogP contribution in [0.1, 0.15) is 56.3 Å². The van der Waals surface area contributed by atoms with Gasteiger partial charge in [-0.3, -0.25) is 4.79 Å². The molecule has 2 rings (SSSR count). The molecule has 22 heavy (non-hydrogen) atoms. The lowest BCUT2D eigenvalue weighted by Gasteiger charge is -2.25. The number of amides is 1. The molecule has 2 atom stereocenters. The molecule has 4 nitrogen and oxygen atoms in total. The molecular formula is C18H28N2O2. The Morgan fingerprint density at radius 2 is 2.27 bits per heavy atom. The summed E-state index contributed by atoms with van der Waals surface area (Å²) in [6, 6.07) is 8.16. The summed E-state index contributed by atoms with van der Waals surface area (Å²) >= 11 is 0. The lowest BCUT2D eigenvalue weighted by Crippen LogP contribution is -2.41. The summed E-state index contributed by atoms with van der Waals surface area (Å²) in [6.07, 6.45) is 6.13. The van der Waals surface area contributed by atoms with Crippen LogP contribution in [-0.4, -0.2) is 25.1 Å². The van der Waals surface area contributed by atoms with Gasteiger partial charge >= 0.3 is 0 Å². The zero-order valence-electron chi connectivity index (χ0n) is 13.5. The minimum absolute atomic E-state index is 0.0511. The first kappa shape index (κ1) is 17.0. The molecule has 122 valence electrons. The number of rotatable bonds is 8. The number of benzene rings is 1. The van der Waals surface area contributed by atoms with E-state index in [1.54, 1.807) is 0 Å². The second-order valence-electron chi connectivity index (χ2n) is 5.99. The first-order valence-corrected chi connectivity index (χ1v) is 8.45. The number of fused-ring (bicyclic) bond motifs is 1. The van der Waals surface area contributed by atoms with Crippen LogP contribution in [0.5, 0.6) is 0 Å². The molecule has 0 heterocycles. The molecule has 0 saturated heterocycles. The largest absolute Gasteiger partial charge is 0.373 e. The summed E-state index contributed by atoms with van der Waals surface area (Å²) in [7, 11) is 0. The van der Waals surface area contributed by atoms with E-state index >= 15 is 0 Å². The molecule has 0 aliphatic heterocycles. The predicted octanol–water partition coefficient (Wildman–Crippen LogP) is 2.71. The van der Waals surface area contributed by atoms with Crippen LogP contribution in [0.25, 0.3) is 0 Å². The van der Waals surface area contributed by atoms with E-state index in [-0.39, 0.29) is 18.1 Å². The molecule has 0 bridgehead atoms. The lowest BCUT2D eigenvalue weighted by molar-refractivity contribution is -0.122. The number of carbonyl (C=O) groups is 1. The highest BCUT2D eigenvalue weighted by Gasteiger charge is 2.19.